The number of rotatable bonds is 6. The van der Waals surface area contributed by atoms with Gasteiger partial charge in [0, 0.05) is 23.1 Å². The smallest absolute Gasteiger partial charge is 0.119 e. The lowest BCUT2D eigenvalue weighted by Gasteiger charge is -2.09. The highest BCUT2D eigenvalue weighted by molar-refractivity contribution is 6.33. The molecule has 0 bridgehead atoms. The van der Waals surface area contributed by atoms with Gasteiger partial charge in [-0.3, -0.25) is 0 Å². The predicted octanol–water partition coefficient (Wildman–Crippen LogP) is 4.68. The molecule has 2 aromatic rings. The SMILES string of the molecule is CCOc1cccc(CNCc2cc(Cl)ccc2Cl)c1. The summed E-state index contributed by atoms with van der Waals surface area (Å²) < 4.78 is 5.48. The van der Waals surface area contributed by atoms with Crippen LogP contribution < -0.4 is 10.1 Å². The van der Waals surface area contributed by atoms with E-state index < -0.39 is 0 Å². The average molecular weight is 310 g/mol. The van der Waals surface area contributed by atoms with Crippen molar-refractivity contribution in [3.8, 4) is 5.75 Å². The minimum atomic E-state index is 0.676. The standard InChI is InChI=1S/C16H17Cl2NO/c1-2-20-15-5-3-4-12(8-15)10-19-11-13-9-14(17)6-7-16(13)18/h3-9,19H,2,10-11H2,1H3. The van der Waals surface area contributed by atoms with Gasteiger partial charge in [0.05, 0.1) is 6.61 Å². The molecule has 0 spiro atoms. The van der Waals surface area contributed by atoms with Crippen LogP contribution in [0, 0.1) is 0 Å². The Kier molecular flexibility index (Phi) is 5.72. The Morgan fingerprint density at radius 3 is 2.70 bits per heavy atom. The second kappa shape index (κ2) is 7.53. The second-order valence-electron chi connectivity index (χ2n) is 4.42. The van der Waals surface area contributed by atoms with Crippen molar-refractivity contribution in [3.05, 3.63) is 63.6 Å². The molecule has 0 aliphatic carbocycles. The molecule has 106 valence electrons. The minimum Gasteiger partial charge on any atom is -0.494 e. The van der Waals surface area contributed by atoms with Crippen molar-refractivity contribution < 1.29 is 4.74 Å². The van der Waals surface area contributed by atoms with Gasteiger partial charge in [0.25, 0.3) is 0 Å². The van der Waals surface area contributed by atoms with E-state index in [1.54, 1.807) is 6.07 Å². The van der Waals surface area contributed by atoms with Crippen molar-refractivity contribution in [2.45, 2.75) is 20.0 Å². The van der Waals surface area contributed by atoms with Gasteiger partial charge in [-0.2, -0.15) is 0 Å². The van der Waals surface area contributed by atoms with Gasteiger partial charge in [0.15, 0.2) is 0 Å². The number of hydrogen-bond acceptors (Lipinski definition) is 2. The maximum absolute atomic E-state index is 6.13. The van der Waals surface area contributed by atoms with E-state index in [0.717, 1.165) is 22.9 Å². The fraction of sp³-hybridized carbons (Fsp3) is 0.250. The van der Waals surface area contributed by atoms with Crippen LogP contribution in [0.4, 0.5) is 0 Å². The van der Waals surface area contributed by atoms with Crippen LogP contribution in [0.15, 0.2) is 42.5 Å². The monoisotopic (exact) mass is 309 g/mol. The molecule has 0 radical (unpaired) electrons. The van der Waals surface area contributed by atoms with Crippen molar-refractivity contribution in [1.29, 1.82) is 0 Å². The van der Waals surface area contributed by atoms with E-state index in [0.29, 0.717) is 18.2 Å². The number of nitrogens with one attached hydrogen (secondary N) is 1. The molecule has 0 heterocycles. The Morgan fingerprint density at radius 1 is 1.05 bits per heavy atom. The number of ether oxygens (including phenoxy) is 1. The summed E-state index contributed by atoms with van der Waals surface area (Å²) in [5.74, 6) is 0.896. The molecule has 0 unspecified atom stereocenters. The third-order valence-electron chi connectivity index (χ3n) is 2.86. The number of halogens is 2. The zero-order chi connectivity index (χ0) is 14.4. The molecule has 2 nitrogen and oxygen atoms in total. The maximum atomic E-state index is 6.13. The summed E-state index contributed by atoms with van der Waals surface area (Å²) in [5.41, 5.74) is 2.18. The van der Waals surface area contributed by atoms with Crippen LogP contribution in [0.5, 0.6) is 5.75 Å². The topological polar surface area (TPSA) is 21.3 Å². The Morgan fingerprint density at radius 2 is 1.90 bits per heavy atom. The summed E-state index contributed by atoms with van der Waals surface area (Å²) >= 11 is 12.1. The van der Waals surface area contributed by atoms with Gasteiger partial charge in [-0.05, 0) is 48.4 Å². The molecule has 0 aromatic heterocycles. The summed E-state index contributed by atoms with van der Waals surface area (Å²) in [4.78, 5) is 0. The Hall–Kier alpha value is -1.22. The van der Waals surface area contributed by atoms with E-state index in [1.165, 1.54) is 5.56 Å². The van der Waals surface area contributed by atoms with Crippen LogP contribution in [0.2, 0.25) is 10.0 Å². The first-order valence-corrected chi connectivity index (χ1v) is 7.31. The third kappa shape index (κ3) is 4.41. The van der Waals surface area contributed by atoms with Crippen LogP contribution in [-0.2, 0) is 13.1 Å². The maximum Gasteiger partial charge on any atom is 0.119 e. The molecule has 0 fully saturated rings. The number of hydrogen-bond donors (Lipinski definition) is 1. The molecule has 2 rings (SSSR count). The summed E-state index contributed by atoms with van der Waals surface area (Å²) in [6.45, 7) is 4.09. The van der Waals surface area contributed by atoms with E-state index in [1.807, 2.05) is 37.3 Å². The summed E-state index contributed by atoms with van der Waals surface area (Å²) in [7, 11) is 0. The van der Waals surface area contributed by atoms with Gasteiger partial charge >= 0.3 is 0 Å². The number of benzene rings is 2. The van der Waals surface area contributed by atoms with Crippen molar-refractivity contribution in [1.82, 2.24) is 5.32 Å². The van der Waals surface area contributed by atoms with Crippen LogP contribution >= 0.6 is 23.2 Å². The molecule has 2 aromatic carbocycles. The molecule has 20 heavy (non-hydrogen) atoms. The highest BCUT2D eigenvalue weighted by Gasteiger charge is 2.02. The zero-order valence-electron chi connectivity index (χ0n) is 11.3. The molecule has 0 saturated carbocycles. The first kappa shape index (κ1) is 15.2. The summed E-state index contributed by atoms with van der Waals surface area (Å²) in [6, 6.07) is 13.5. The van der Waals surface area contributed by atoms with Crippen LogP contribution in [0.1, 0.15) is 18.1 Å². The third-order valence-corrected chi connectivity index (χ3v) is 3.47. The van der Waals surface area contributed by atoms with Gasteiger partial charge in [-0.25, -0.2) is 0 Å². The normalized spacial score (nSPS) is 10.6. The molecule has 0 aliphatic rings. The molecule has 0 aliphatic heterocycles. The van der Waals surface area contributed by atoms with Crippen LogP contribution in [0.25, 0.3) is 0 Å². The summed E-state index contributed by atoms with van der Waals surface area (Å²) in [5, 5.41) is 4.78. The van der Waals surface area contributed by atoms with Gasteiger partial charge in [0.1, 0.15) is 5.75 Å². The first-order valence-electron chi connectivity index (χ1n) is 6.55. The molecule has 1 N–H and O–H groups in total. The lowest BCUT2D eigenvalue weighted by molar-refractivity contribution is 0.340. The highest BCUT2D eigenvalue weighted by atomic mass is 35.5. The zero-order valence-corrected chi connectivity index (χ0v) is 12.8. The van der Waals surface area contributed by atoms with Crippen molar-refractivity contribution >= 4 is 23.2 Å². The Balaban J connectivity index is 1.92. The Bertz CT molecular complexity index is 572. The lowest BCUT2D eigenvalue weighted by Crippen LogP contribution is -2.13. The predicted molar refractivity (Wildman–Crippen MR) is 84.6 cm³/mol. The highest BCUT2D eigenvalue weighted by Crippen LogP contribution is 2.20. The molecule has 4 heteroatoms. The Labute approximate surface area is 129 Å². The van der Waals surface area contributed by atoms with E-state index in [-0.39, 0.29) is 0 Å². The molecular formula is C16H17Cl2NO. The van der Waals surface area contributed by atoms with Gasteiger partial charge in [-0.1, -0.05) is 35.3 Å². The largest absolute Gasteiger partial charge is 0.494 e. The van der Waals surface area contributed by atoms with Crippen molar-refractivity contribution in [2.75, 3.05) is 6.61 Å². The van der Waals surface area contributed by atoms with Gasteiger partial charge < -0.3 is 10.1 Å². The average Bonchev–Trinajstić information content (AvgIpc) is 2.43. The van der Waals surface area contributed by atoms with E-state index >= 15 is 0 Å². The van der Waals surface area contributed by atoms with E-state index in [4.69, 9.17) is 27.9 Å². The molecule has 0 atom stereocenters. The second-order valence-corrected chi connectivity index (χ2v) is 5.26. The molecule has 0 amide bonds. The first-order chi connectivity index (χ1) is 9.69. The van der Waals surface area contributed by atoms with Gasteiger partial charge in [0.2, 0.25) is 0 Å². The van der Waals surface area contributed by atoms with Gasteiger partial charge in [-0.15, -0.1) is 0 Å². The van der Waals surface area contributed by atoms with E-state index in [2.05, 4.69) is 11.4 Å². The van der Waals surface area contributed by atoms with Crippen LogP contribution in [0.3, 0.4) is 0 Å². The quantitative estimate of drug-likeness (QED) is 0.836. The minimum absolute atomic E-state index is 0.676. The van der Waals surface area contributed by atoms with E-state index in [9.17, 15) is 0 Å². The van der Waals surface area contributed by atoms with Crippen molar-refractivity contribution in [3.63, 3.8) is 0 Å². The fourth-order valence-corrected chi connectivity index (χ4v) is 2.31. The fourth-order valence-electron chi connectivity index (χ4n) is 1.93. The summed E-state index contributed by atoms with van der Waals surface area (Å²) in [6.07, 6.45) is 0. The molecule has 0 saturated heterocycles. The van der Waals surface area contributed by atoms with Crippen molar-refractivity contribution in [2.24, 2.45) is 0 Å². The molecular weight excluding hydrogens is 293 g/mol. The van der Waals surface area contributed by atoms with Crippen LogP contribution in [-0.4, -0.2) is 6.61 Å². The lowest BCUT2D eigenvalue weighted by atomic mass is 10.2.